The number of carbonyl (C=O) groups excluding carboxylic acids is 1. The first-order chi connectivity index (χ1) is 10.5. The van der Waals surface area contributed by atoms with E-state index in [4.69, 9.17) is 5.73 Å². The minimum Gasteiger partial charge on any atom is -0.397 e. The fraction of sp³-hybridized carbons (Fsp3) is 0.250. The number of aromatic nitrogens is 1. The van der Waals surface area contributed by atoms with Crippen LogP contribution in [0.25, 0.3) is 0 Å². The summed E-state index contributed by atoms with van der Waals surface area (Å²) in [5.41, 5.74) is 6.59. The third-order valence-corrected chi connectivity index (χ3v) is 3.61. The number of anilines is 1. The molecule has 0 aliphatic heterocycles. The topological polar surface area (TPSA) is 59.2 Å². The van der Waals surface area contributed by atoms with E-state index in [0.717, 1.165) is 18.9 Å². The molecule has 1 aromatic heterocycles. The molecule has 1 heterocycles. The number of halogens is 3. The quantitative estimate of drug-likeness (QED) is 0.930. The third-order valence-electron chi connectivity index (χ3n) is 3.61. The van der Waals surface area contributed by atoms with Crippen LogP contribution in [0, 0.1) is 11.6 Å². The summed E-state index contributed by atoms with van der Waals surface area (Å²) in [7, 11) is 0. The van der Waals surface area contributed by atoms with Gasteiger partial charge in [-0.2, -0.15) is 0 Å². The van der Waals surface area contributed by atoms with Crippen LogP contribution in [0.4, 0.5) is 14.5 Å². The molecule has 0 bridgehead atoms. The molecule has 122 valence electrons. The molecule has 0 spiro atoms. The van der Waals surface area contributed by atoms with Crippen LogP contribution in [0.15, 0.2) is 36.5 Å². The minimum atomic E-state index is -0.649. The number of hydrogen-bond donors (Lipinski definition) is 1. The molecule has 0 radical (unpaired) electrons. The van der Waals surface area contributed by atoms with Crippen molar-refractivity contribution in [3.05, 3.63) is 59.4 Å². The van der Waals surface area contributed by atoms with Gasteiger partial charge in [-0.25, -0.2) is 13.8 Å². The number of nitrogens with zero attached hydrogens (tertiary/aromatic N) is 2. The van der Waals surface area contributed by atoms with E-state index in [1.165, 1.54) is 18.3 Å². The molecule has 2 N–H and O–H groups in total. The molecule has 1 aromatic carbocycles. The second-order valence-corrected chi connectivity index (χ2v) is 5.38. The molecule has 0 saturated heterocycles. The molecule has 1 saturated carbocycles. The monoisotopic (exact) mass is 339 g/mol. The van der Waals surface area contributed by atoms with E-state index in [1.54, 1.807) is 17.0 Å². The molecule has 1 fully saturated rings. The lowest BCUT2D eigenvalue weighted by Crippen LogP contribution is -2.33. The zero-order valence-corrected chi connectivity index (χ0v) is 13.0. The van der Waals surface area contributed by atoms with Crippen molar-refractivity contribution in [1.29, 1.82) is 0 Å². The number of pyridine rings is 1. The van der Waals surface area contributed by atoms with Crippen LogP contribution in [0.1, 0.15) is 28.9 Å². The van der Waals surface area contributed by atoms with Gasteiger partial charge in [0.1, 0.15) is 17.3 Å². The number of amides is 1. The Morgan fingerprint density at radius 3 is 2.57 bits per heavy atom. The van der Waals surface area contributed by atoms with E-state index >= 15 is 0 Å². The number of rotatable bonds is 4. The van der Waals surface area contributed by atoms with E-state index in [0.29, 0.717) is 5.69 Å². The van der Waals surface area contributed by atoms with Crippen molar-refractivity contribution in [3.63, 3.8) is 0 Å². The molecule has 23 heavy (non-hydrogen) atoms. The minimum absolute atomic E-state index is 0. The molecule has 0 atom stereocenters. The fourth-order valence-electron chi connectivity index (χ4n) is 2.27. The van der Waals surface area contributed by atoms with Crippen LogP contribution in [-0.4, -0.2) is 21.8 Å². The van der Waals surface area contributed by atoms with Gasteiger partial charge in [0.05, 0.1) is 11.9 Å². The summed E-state index contributed by atoms with van der Waals surface area (Å²) in [4.78, 5) is 18.1. The SMILES string of the molecule is Cl.Nc1ccc(C(=O)N(Cc2ccc(F)cc2F)C2CC2)nc1. The molecule has 0 unspecified atom stereocenters. The lowest BCUT2D eigenvalue weighted by Gasteiger charge is -2.22. The van der Waals surface area contributed by atoms with Crippen LogP contribution in [0.3, 0.4) is 0 Å². The van der Waals surface area contributed by atoms with E-state index < -0.39 is 11.6 Å². The molecule has 4 nitrogen and oxygen atoms in total. The summed E-state index contributed by atoms with van der Waals surface area (Å²) in [5, 5.41) is 0. The van der Waals surface area contributed by atoms with Crippen molar-refractivity contribution in [2.45, 2.75) is 25.4 Å². The molecule has 1 aliphatic rings. The number of carbonyl (C=O) groups is 1. The molecule has 7 heteroatoms. The standard InChI is InChI=1S/C16H15F2N3O.ClH/c17-11-2-1-10(14(18)7-11)9-21(13-4-5-13)16(22)15-6-3-12(19)8-20-15;/h1-3,6-8,13H,4-5,9,19H2;1H. The van der Waals surface area contributed by atoms with Crippen LogP contribution in [-0.2, 0) is 6.54 Å². The van der Waals surface area contributed by atoms with Gasteiger partial charge < -0.3 is 10.6 Å². The Morgan fingerprint density at radius 2 is 2.00 bits per heavy atom. The summed E-state index contributed by atoms with van der Waals surface area (Å²) in [5.74, 6) is -1.55. The van der Waals surface area contributed by atoms with Gasteiger partial charge in [0, 0.05) is 24.2 Å². The normalized spacial score (nSPS) is 13.3. The van der Waals surface area contributed by atoms with Crippen LogP contribution in [0.5, 0.6) is 0 Å². The lowest BCUT2D eigenvalue weighted by atomic mass is 10.1. The van der Waals surface area contributed by atoms with Crippen molar-refractivity contribution in [2.75, 3.05) is 5.73 Å². The van der Waals surface area contributed by atoms with Gasteiger partial charge in [0.15, 0.2) is 0 Å². The average Bonchev–Trinajstić information content (AvgIpc) is 3.31. The predicted molar refractivity (Wildman–Crippen MR) is 85.2 cm³/mol. The molecule has 3 rings (SSSR count). The van der Waals surface area contributed by atoms with E-state index in [9.17, 15) is 13.6 Å². The Balaban J connectivity index is 0.00000192. The van der Waals surface area contributed by atoms with Gasteiger partial charge in [-0.15, -0.1) is 12.4 Å². The predicted octanol–water partition coefficient (Wildman–Crippen LogP) is 3.17. The molecule has 2 aromatic rings. The first-order valence-corrected chi connectivity index (χ1v) is 7.01. The fourth-order valence-corrected chi connectivity index (χ4v) is 2.27. The van der Waals surface area contributed by atoms with Crippen molar-refractivity contribution in [2.24, 2.45) is 0 Å². The largest absolute Gasteiger partial charge is 0.397 e. The first kappa shape index (κ1) is 17.1. The molecular formula is C16H16ClF2N3O. The third kappa shape index (κ3) is 3.96. The van der Waals surface area contributed by atoms with Crippen molar-refractivity contribution in [3.8, 4) is 0 Å². The second kappa shape index (κ2) is 6.91. The van der Waals surface area contributed by atoms with Crippen LogP contribution in [0.2, 0.25) is 0 Å². The van der Waals surface area contributed by atoms with Crippen molar-refractivity contribution >= 4 is 24.0 Å². The Hall–Kier alpha value is -2.21. The van der Waals surface area contributed by atoms with E-state index in [2.05, 4.69) is 4.98 Å². The summed E-state index contributed by atoms with van der Waals surface area (Å²) >= 11 is 0. The highest BCUT2D eigenvalue weighted by Crippen LogP contribution is 2.30. The maximum absolute atomic E-state index is 13.8. The van der Waals surface area contributed by atoms with Gasteiger partial charge in [-0.1, -0.05) is 6.07 Å². The Morgan fingerprint density at radius 1 is 1.26 bits per heavy atom. The maximum Gasteiger partial charge on any atom is 0.272 e. The number of benzene rings is 1. The summed E-state index contributed by atoms with van der Waals surface area (Å²) in [6.45, 7) is 0.0989. The van der Waals surface area contributed by atoms with E-state index in [1.807, 2.05) is 0 Å². The van der Waals surface area contributed by atoms with Crippen molar-refractivity contribution in [1.82, 2.24) is 9.88 Å². The Labute approximate surface area is 138 Å². The number of nitrogen functional groups attached to an aromatic ring is 1. The first-order valence-electron chi connectivity index (χ1n) is 7.01. The van der Waals surface area contributed by atoms with Crippen LogP contribution >= 0.6 is 12.4 Å². The summed E-state index contributed by atoms with van der Waals surface area (Å²) < 4.78 is 26.8. The van der Waals surface area contributed by atoms with Crippen molar-refractivity contribution < 1.29 is 13.6 Å². The van der Waals surface area contributed by atoms with Gasteiger partial charge in [0.25, 0.3) is 5.91 Å². The highest BCUT2D eigenvalue weighted by atomic mass is 35.5. The zero-order valence-electron chi connectivity index (χ0n) is 12.2. The average molecular weight is 340 g/mol. The molecular weight excluding hydrogens is 324 g/mol. The highest BCUT2D eigenvalue weighted by Gasteiger charge is 2.34. The van der Waals surface area contributed by atoms with E-state index in [-0.39, 0.29) is 42.2 Å². The maximum atomic E-state index is 13.8. The molecule has 1 amide bonds. The van der Waals surface area contributed by atoms with Gasteiger partial charge in [-0.05, 0) is 31.0 Å². The highest BCUT2D eigenvalue weighted by molar-refractivity contribution is 5.92. The summed E-state index contributed by atoms with van der Waals surface area (Å²) in [6, 6.07) is 6.61. The lowest BCUT2D eigenvalue weighted by molar-refractivity contribution is 0.0722. The smallest absolute Gasteiger partial charge is 0.272 e. The second-order valence-electron chi connectivity index (χ2n) is 5.38. The Kier molecular flexibility index (Phi) is 5.15. The molecule has 1 aliphatic carbocycles. The summed E-state index contributed by atoms with van der Waals surface area (Å²) in [6.07, 6.45) is 3.17. The zero-order chi connectivity index (χ0) is 15.7. The van der Waals surface area contributed by atoms with Gasteiger partial charge >= 0.3 is 0 Å². The number of hydrogen-bond acceptors (Lipinski definition) is 3. The van der Waals surface area contributed by atoms with Gasteiger partial charge in [0.2, 0.25) is 0 Å². The Bertz CT molecular complexity index is 705. The number of nitrogens with two attached hydrogens (primary N) is 1. The van der Waals surface area contributed by atoms with Gasteiger partial charge in [-0.3, -0.25) is 4.79 Å². The van der Waals surface area contributed by atoms with Crippen LogP contribution < -0.4 is 5.73 Å².